The Hall–Kier alpha value is -1.68. The molecule has 1 saturated heterocycles. The lowest BCUT2D eigenvalue weighted by molar-refractivity contribution is -0.125. The van der Waals surface area contributed by atoms with Crippen LogP contribution in [0.3, 0.4) is 0 Å². The first-order chi connectivity index (χ1) is 13.7. The Labute approximate surface area is 176 Å². The van der Waals surface area contributed by atoms with E-state index in [4.69, 9.17) is 0 Å². The second kappa shape index (κ2) is 8.99. The predicted octanol–water partition coefficient (Wildman–Crippen LogP) is 4.78. The smallest absolute Gasteiger partial charge is 0.220 e. The SMILES string of the molecule is CC(=O)CCC(=O)N[C@H]1CCC2(CCN(CCC(C)(C)C)CC2)c2ccccc21. The predicted molar refractivity (Wildman–Crippen MR) is 118 cm³/mol. The van der Waals surface area contributed by atoms with Crippen LogP contribution in [-0.4, -0.2) is 36.2 Å². The number of hydrogen-bond donors (Lipinski definition) is 1. The van der Waals surface area contributed by atoms with Crippen LogP contribution in [0.2, 0.25) is 0 Å². The van der Waals surface area contributed by atoms with Gasteiger partial charge in [-0.15, -0.1) is 0 Å². The van der Waals surface area contributed by atoms with Crippen LogP contribution in [0.15, 0.2) is 24.3 Å². The molecule has 1 aromatic rings. The van der Waals surface area contributed by atoms with Gasteiger partial charge in [0.25, 0.3) is 0 Å². The second-order valence-corrected chi connectivity index (χ2v) is 10.4. The number of nitrogens with zero attached hydrogens (tertiary/aromatic N) is 1. The summed E-state index contributed by atoms with van der Waals surface area (Å²) in [6, 6.07) is 8.79. The average Bonchev–Trinajstić information content (AvgIpc) is 2.68. The average molecular weight is 399 g/mol. The third-order valence-corrected chi connectivity index (χ3v) is 6.85. The van der Waals surface area contributed by atoms with Crippen LogP contribution in [0, 0.1) is 5.41 Å². The first kappa shape index (κ1) is 22.0. The lowest BCUT2D eigenvalue weighted by atomic mass is 9.63. The van der Waals surface area contributed by atoms with Crippen molar-refractivity contribution in [1.82, 2.24) is 10.2 Å². The van der Waals surface area contributed by atoms with Crippen molar-refractivity contribution in [2.45, 2.75) is 84.1 Å². The van der Waals surface area contributed by atoms with Crippen LogP contribution in [0.4, 0.5) is 0 Å². The molecule has 1 aliphatic heterocycles. The molecule has 0 saturated carbocycles. The number of piperidine rings is 1. The molecule has 1 aromatic carbocycles. The number of amides is 1. The minimum absolute atomic E-state index is 0.00653. The van der Waals surface area contributed by atoms with Crippen molar-refractivity contribution in [3.63, 3.8) is 0 Å². The van der Waals surface area contributed by atoms with E-state index >= 15 is 0 Å². The molecule has 1 fully saturated rings. The standard InChI is InChI=1S/C25H38N2O2/c1-19(28)9-10-23(29)26-22-11-12-25(21-8-6-5-7-20(21)22)14-17-27(18-15-25)16-13-24(2,3)4/h5-8,22H,9-18H2,1-4H3,(H,26,29)/t22-/m0/s1. The van der Waals surface area contributed by atoms with Crippen molar-refractivity contribution >= 4 is 11.7 Å². The zero-order valence-corrected chi connectivity index (χ0v) is 18.7. The van der Waals surface area contributed by atoms with Crippen molar-refractivity contribution in [1.29, 1.82) is 0 Å². The number of fused-ring (bicyclic) bond motifs is 2. The minimum atomic E-state index is -0.00653. The van der Waals surface area contributed by atoms with Gasteiger partial charge in [0, 0.05) is 12.8 Å². The molecular weight excluding hydrogens is 360 g/mol. The molecule has 2 aliphatic rings. The van der Waals surface area contributed by atoms with E-state index in [9.17, 15) is 9.59 Å². The van der Waals surface area contributed by atoms with Gasteiger partial charge in [-0.05, 0) is 80.6 Å². The van der Waals surface area contributed by atoms with Crippen LogP contribution < -0.4 is 5.32 Å². The lowest BCUT2D eigenvalue weighted by Crippen LogP contribution is -2.46. The van der Waals surface area contributed by atoms with Gasteiger partial charge in [-0.1, -0.05) is 45.0 Å². The maximum Gasteiger partial charge on any atom is 0.220 e. The monoisotopic (exact) mass is 398 g/mol. The van der Waals surface area contributed by atoms with Crippen molar-refractivity contribution in [2.24, 2.45) is 5.41 Å². The second-order valence-electron chi connectivity index (χ2n) is 10.4. The summed E-state index contributed by atoms with van der Waals surface area (Å²) < 4.78 is 0. The fourth-order valence-electron chi connectivity index (χ4n) is 4.92. The Morgan fingerprint density at radius 3 is 2.45 bits per heavy atom. The molecule has 160 valence electrons. The molecule has 1 atom stereocenters. The number of ketones is 1. The number of hydrogen-bond acceptors (Lipinski definition) is 3. The van der Waals surface area contributed by atoms with Crippen molar-refractivity contribution < 1.29 is 9.59 Å². The summed E-state index contributed by atoms with van der Waals surface area (Å²) >= 11 is 0. The van der Waals surface area contributed by atoms with Crippen molar-refractivity contribution in [3.8, 4) is 0 Å². The van der Waals surface area contributed by atoms with E-state index in [1.807, 2.05) is 0 Å². The topological polar surface area (TPSA) is 49.4 Å². The first-order valence-electron chi connectivity index (χ1n) is 11.3. The Bertz CT molecular complexity index is 727. The van der Waals surface area contributed by atoms with Gasteiger partial charge in [-0.3, -0.25) is 4.79 Å². The zero-order chi connectivity index (χ0) is 21.1. The molecule has 0 bridgehead atoms. The molecule has 3 rings (SSSR count). The fourth-order valence-corrected chi connectivity index (χ4v) is 4.92. The highest BCUT2D eigenvalue weighted by atomic mass is 16.2. The van der Waals surface area contributed by atoms with Crippen LogP contribution in [0.1, 0.15) is 89.8 Å². The molecule has 1 aliphatic carbocycles. The lowest BCUT2D eigenvalue weighted by Gasteiger charge is -2.47. The summed E-state index contributed by atoms with van der Waals surface area (Å²) in [7, 11) is 0. The van der Waals surface area contributed by atoms with E-state index in [0.29, 0.717) is 18.3 Å². The van der Waals surface area contributed by atoms with Gasteiger partial charge in [0.1, 0.15) is 5.78 Å². The summed E-state index contributed by atoms with van der Waals surface area (Å²) in [6.45, 7) is 12.0. The zero-order valence-electron chi connectivity index (χ0n) is 18.7. The summed E-state index contributed by atoms with van der Waals surface area (Å²) in [5.74, 6) is 0.0642. The fraction of sp³-hybridized carbons (Fsp3) is 0.680. The Balaban J connectivity index is 1.66. The number of rotatable bonds is 6. The van der Waals surface area contributed by atoms with Crippen LogP contribution in [0.5, 0.6) is 0 Å². The molecule has 1 spiro atoms. The quantitative estimate of drug-likeness (QED) is 0.750. The number of benzene rings is 1. The van der Waals surface area contributed by atoms with E-state index in [1.165, 1.54) is 50.0 Å². The molecule has 1 heterocycles. The van der Waals surface area contributed by atoms with E-state index in [-0.39, 0.29) is 23.1 Å². The number of nitrogens with one attached hydrogen (secondary N) is 1. The van der Waals surface area contributed by atoms with Gasteiger partial charge in [0.05, 0.1) is 6.04 Å². The maximum atomic E-state index is 12.3. The molecule has 4 nitrogen and oxygen atoms in total. The molecule has 0 radical (unpaired) electrons. The minimum Gasteiger partial charge on any atom is -0.349 e. The molecule has 0 unspecified atom stereocenters. The number of likely N-dealkylation sites (tertiary alicyclic amines) is 1. The number of Topliss-reactive ketones (excluding diaryl/α,β-unsaturated/α-hetero) is 1. The normalized spacial score (nSPS) is 21.6. The van der Waals surface area contributed by atoms with E-state index in [0.717, 1.165) is 12.8 Å². The third-order valence-electron chi connectivity index (χ3n) is 6.85. The van der Waals surface area contributed by atoms with Gasteiger partial charge >= 0.3 is 0 Å². The van der Waals surface area contributed by atoms with Gasteiger partial charge in [0.2, 0.25) is 5.91 Å². The van der Waals surface area contributed by atoms with Crippen LogP contribution in [0.25, 0.3) is 0 Å². The van der Waals surface area contributed by atoms with E-state index in [1.54, 1.807) is 6.92 Å². The number of carbonyl (C=O) groups is 2. The third kappa shape index (κ3) is 5.69. The Morgan fingerprint density at radius 2 is 1.79 bits per heavy atom. The summed E-state index contributed by atoms with van der Waals surface area (Å²) in [4.78, 5) is 26.1. The van der Waals surface area contributed by atoms with Gasteiger partial charge in [0.15, 0.2) is 0 Å². The summed E-state index contributed by atoms with van der Waals surface area (Å²) in [5.41, 5.74) is 3.38. The van der Waals surface area contributed by atoms with Crippen molar-refractivity contribution in [2.75, 3.05) is 19.6 Å². The van der Waals surface area contributed by atoms with Gasteiger partial charge < -0.3 is 15.0 Å². The molecule has 1 amide bonds. The van der Waals surface area contributed by atoms with E-state index < -0.39 is 0 Å². The van der Waals surface area contributed by atoms with Gasteiger partial charge in [-0.2, -0.15) is 0 Å². The maximum absolute atomic E-state index is 12.3. The first-order valence-corrected chi connectivity index (χ1v) is 11.3. The highest BCUT2D eigenvalue weighted by Gasteiger charge is 2.42. The van der Waals surface area contributed by atoms with Crippen LogP contribution in [-0.2, 0) is 15.0 Å². The highest BCUT2D eigenvalue weighted by Crippen LogP contribution is 2.48. The Morgan fingerprint density at radius 1 is 1.10 bits per heavy atom. The molecule has 29 heavy (non-hydrogen) atoms. The molecular formula is C25H38N2O2. The van der Waals surface area contributed by atoms with Crippen molar-refractivity contribution in [3.05, 3.63) is 35.4 Å². The van der Waals surface area contributed by atoms with E-state index in [2.05, 4.69) is 55.3 Å². The summed E-state index contributed by atoms with van der Waals surface area (Å²) in [6.07, 6.45) is 6.40. The highest BCUT2D eigenvalue weighted by molar-refractivity contribution is 5.83. The molecule has 1 N–H and O–H groups in total. The largest absolute Gasteiger partial charge is 0.349 e. The molecule has 4 heteroatoms. The molecule has 0 aromatic heterocycles. The Kier molecular flexibility index (Phi) is 6.83. The summed E-state index contributed by atoms with van der Waals surface area (Å²) in [5, 5.41) is 3.20. The van der Waals surface area contributed by atoms with Gasteiger partial charge in [-0.25, -0.2) is 0 Å². The van der Waals surface area contributed by atoms with Crippen LogP contribution >= 0.6 is 0 Å². The number of carbonyl (C=O) groups excluding carboxylic acids is 2.